The minimum atomic E-state index is -0.692. The van der Waals surface area contributed by atoms with Gasteiger partial charge in [0.2, 0.25) is 5.91 Å². The van der Waals surface area contributed by atoms with E-state index in [0.717, 1.165) is 24.8 Å². The molecular formula is C25H30N2O5. The largest absolute Gasteiger partial charge is 0.493 e. The molecule has 1 fully saturated rings. The van der Waals surface area contributed by atoms with Crippen molar-refractivity contribution >= 4 is 17.5 Å². The Hall–Kier alpha value is -3.06. The van der Waals surface area contributed by atoms with E-state index in [9.17, 15) is 14.7 Å². The Labute approximate surface area is 188 Å². The van der Waals surface area contributed by atoms with E-state index in [1.165, 1.54) is 12.0 Å². The van der Waals surface area contributed by atoms with E-state index < -0.39 is 12.1 Å². The zero-order valence-electron chi connectivity index (χ0n) is 18.6. The smallest absolute Gasteiger partial charge is 0.256 e. The van der Waals surface area contributed by atoms with Crippen LogP contribution in [-0.4, -0.2) is 54.2 Å². The highest BCUT2D eigenvalue weighted by atomic mass is 16.5. The molecule has 2 aliphatic heterocycles. The lowest BCUT2D eigenvalue weighted by Crippen LogP contribution is -2.45. The molecule has 7 nitrogen and oxygen atoms in total. The molecule has 2 amide bonds. The molecule has 2 aromatic carbocycles. The summed E-state index contributed by atoms with van der Waals surface area (Å²) in [6.45, 7) is 3.12. The molecular weight excluding hydrogens is 408 g/mol. The molecule has 0 radical (unpaired) electrons. The maximum absolute atomic E-state index is 13.5. The second kappa shape index (κ2) is 9.61. The van der Waals surface area contributed by atoms with Gasteiger partial charge in [0, 0.05) is 25.6 Å². The van der Waals surface area contributed by atoms with E-state index in [1.54, 1.807) is 17.0 Å². The Balaban J connectivity index is 1.73. The summed E-state index contributed by atoms with van der Waals surface area (Å²) in [5.41, 5.74) is 1.95. The van der Waals surface area contributed by atoms with Crippen LogP contribution in [0, 0.1) is 0 Å². The van der Waals surface area contributed by atoms with Crippen LogP contribution in [0.25, 0.3) is 0 Å². The molecule has 1 N–H and O–H groups in total. The third kappa shape index (κ3) is 4.30. The predicted molar refractivity (Wildman–Crippen MR) is 121 cm³/mol. The van der Waals surface area contributed by atoms with E-state index in [-0.39, 0.29) is 24.8 Å². The maximum Gasteiger partial charge on any atom is 0.256 e. The minimum absolute atomic E-state index is 0.149. The number of nitrogens with zero attached hydrogens (tertiary/aromatic N) is 2. The molecule has 170 valence electrons. The van der Waals surface area contributed by atoms with Crippen LogP contribution in [0.2, 0.25) is 0 Å². The van der Waals surface area contributed by atoms with Crippen LogP contribution in [-0.2, 0) is 11.4 Å². The third-order valence-electron chi connectivity index (χ3n) is 6.12. The summed E-state index contributed by atoms with van der Waals surface area (Å²) in [5, 5.41) is 10.1. The van der Waals surface area contributed by atoms with Crippen molar-refractivity contribution in [3.05, 3.63) is 53.6 Å². The molecule has 4 rings (SSSR count). The van der Waals surface area contributed by atoms with Crippen LogP contribution < -0.4 is 14.4 Å². The Bertz CT molecular complexity index is 978. The van der Waals surface area contributed by atoms with Crippen LogP contribution in [0.1, 0.15) is 48.5 Å². The van der Waals surface area contributed by atoms with E-state index in [1.807, 2.05) is 30.3 Å². The molecule has 2 aliphatic rings. The maximum atomic E-state index is 13.5. The quantitative estimate of drug-likeness (QED) is 0.639. The van der Waals surface area contributed by atoms with Crippen molar-refractivity contribution in [3.63, 3.8) is 0 Å². The number of unbranched alkanes of at least 4 members (excludes halogenated alkanes) is 2. The molecule has 2 atom stereocenters. The van der Waals surface area contributed by atoms with Gasteiger partial charge in [0.05, 0.1) is 24.5 Å². The first-order chi connectivity index (χ1) is 15.5. The van der Waals surface area contributed by atoms with Gasteiger partial charge >= 0.3 is 0 Å². The van der Waals surface area contributed by atoms with Crippen molar-refractivity contribution in [2.24, 2.45) is 0 Å². The number of methoxy groups -OCH3 is 1. The van der Waals surface area contributed by atoms with Gasteiger partial charge in [-0.3, -0.25) is 9.59 Å². The number of aliphatic hydroxyl groups is 1. The first kappa shape index (κ1) is 22.1. The number of fused-ring (bicyclic) bond motifs is 2. The number of aliphatic hydroxyl groups excluding tert-OH is 1. The molecule has 0 aliphatic carbocycles. The van der Waals surface area contributed by atoms with E-state index in [0.29, 0.717) is 35.9 Å². The summed E-state index contributed by atoms with van der Waals surface area (Å²) < 4.78 is 11.6. The predicted octanol–water partition coefficient (Wildman–Crippen LogP) is 3.39. The fourth-order valence-electron chi connectivity index (χ4n) is 4.43. The summed E-state index contributed by atoms with van der Waals surface area (Å²) in [7, 11) is 1.53. The van der Waals surface area contributed by atoms with Gasteiger partial charge in [-0.15, -0.1) is 0 Å². The number of carbonyl (C=O) groups is 2. The fourth-order valence-corrected chi connectivity index (χ4v) is 4.43. The highest BCUT2D eigenvalue weighted by molar-refractivity contribution is 6.11. The number of anilines is 1. The van der Waals surface area contributed by atoms with Gasteiger partial charge in [0.15, 0.2) is 11.5 Å². The monoisotopic (exact) mass is 438 g/mol. The zero-order valence-corrected chi connectivity index (χ0v) is 18.6. The van der Waals surface area contributed by atoms with Crippen molar-refractivity contribution in [2.75, 3.05) is 25.1 Å². The van der Waals surface area contributed by atoms with Crippen LogP contribution in [0.4, 0.5) is 5.69 Å². The SMILES string of the molecule is CCCCCN1C(=O)[C@@H]2C[C@@H](O)CN2C(=O)c2cc(OC)c(OCc3ccccc3)cc21. The van der Waals surface area contributed by atoms with Crippen molar-refractivity contribution in [3.8, 4) is 11.5 Å². The van der Waals surface area contributed by atoms with Crippen molar-refractivity contribution in [2.45, 2.75) is 51.4 Å². The second-order valence-electron chi connectivity index (χ2n) is 8.35. The molecule has 0 saturated carbocycles. The van der Waals surface area contributed by atoms with Crippen LogP contribution >= 0.6 is 0 Å². The number of hydrogen-bond donors (Lipinski definition) is 1. The topological polar surface area (TPSA) is 79.3 Å². The molecule has 0 aromatic heterocycles. The number of hydrogen-bond acceptors (Lipinski definition) is 5. The lowest BCUT2D eigenvalue weighted by atomic mass is 10.1. The molecule has 32 heavy (non-hydrogen) atoms. The molecule has 0 spiro atoms. The lowest BCUT2D eigenvalue weighted by Gasteiger charge is -2.26. The number of carbonyl (C=O) groups excluding carboxylic acids is 2. The number of benzene rings is 2. The normalized spacial score (nSPS) is 20.1. The van der Waals surface area contributed by atoms with Crippen molar-refractivity contribution in [1.82, 2.24) is 4.90 Å². The molecule has 2 aromatic rings. The van der Waals surface area contributed by atoms with Gasteiger partial charge in [-0.05, 0) is 18.1 Å². The molecule has 0 unspecified atom stereocenters. The summed E-state index contributed by atoms with van der Waals surface area (Å²) >= 11 is 0. The van der Waals surface area contributed by atoms with Crippen LogP contribution in [0.15, 0.2) is 42.5 Å². The second-order valence-corrected chi connectivity index (χ2v) is 8.35. The first-order valence-corrected chi connectivity index (χ1v) is 11.2. The van der Waals surface area contributed by atoms with Crippen molar-refractivity contribution in [1.29, 1.82) is 0 Å². The number of amides is 2. The third-order valence-corrected chi connectivity index (χ3v) is 6.12. The van der Waals surface area contributed by atoms with E-state index >= 15 is 0 Å². The summed E-state index contributed by atoms with van der Waals surface area (Å²) in [6.07, 6.45) is 2.41. The van der Waals surface area contributed by atoms with Crippen LogP contribution in [0.3, 0.4) is 0 Å². The van der Waals surface area contributed by atoms with E-state index in [4.69, 9.17) is 9.47 Å². The van der Waals surface area contributed by atoms with E-state index in [2.05, 4.69) is 6.92 Å². The van der Waals surface area contributed by atoms with Gasteiger partial charge in [-0.1, -0.05) is 50.1 Å². The number of rotatable bonds is 8. The fraction of sp³-hybridized carbons (Fsp3) is 0.440. The van der Waals surface area contributed by atoms with Crippen LogP contribution in [0.5, 0.6) is 11.5 Å². The van der Waals surface area contributed by atoms with Gasteiger partial charge < -0.3 is 24.4 Å². The molecule has 7 heteroatoms. The molecule has 2 heterocycles. The standard InChI is InChI=1S/C25H30N2O5/c1-3-4-8-11-26-20-14-23(32-16-17-9-6-5-7-10-17)22(31-2)13-19(20)24(29)27-15-18(28)12-21(27)25(26)30/h5-7,9-10,13-14,18,21,28H,3-4,8,11-12,15-16H2,1-2H3/t18-,21+/m1/s1. The molecule has 0 bridgehead atoms. The average molecular weight is 439 g/mol. The van der Waals surface area contributed by atoms with Gasteiger partial charge in [0.25, 0.3) is 5.91 Å². The van der Waals surface area contributed by atoms with Gasteiger partial charge in [-0.2, -0.15) is 0 Å². The van der Waals surface area contributed by atoms with Gasteiger partial charge in [-0.25, -0.2) is 0 Å². The minimum Gasteiger partial charge on any atom is -0.493 e. The summed E-state index contributed by atoms with van der Waals surface area (Å²) in [6, 6.07) is 12.5. The van der Waals surface area contributed by atoms with Crippen molar-refractivity contribution < 1.29 is 24.2 Å². The Morgan fingerprint density at radius 3 is 2.59 bits per heavy atom. The Morgan fingerprint density at radius 2 is 1.88 bits per heavy atom. The summed E-state index contributed by atoms with van der Waals surface area (Å²) in [5.74, 6) is 0.509. The van der Waals surface area contributed by atoms with Gasteiger partial charge in [0.1, 0.15) is 12.6 Å². The highest BCUT2D eigenvalue weighted by Crippen LogP contribution is 2.40. The zero-order chi connectivity index (χ0) is 22.7. The summed E-state index contributed by atoms with van der Waals surface area (Å²) in [4.78, 5) is 30.0. The highest BCUT2D eigenvalue weighted by Gasteiger charge is 2.45. The number of ether oxygens (including phenoxy) is 2. The first-order valence-electron chi connectivity index (χ1n) is 11.2. The Morgan fingerprint density at radius 1 is 1.09 bits per heavy atom. The lowest BCUT2D eigenvalue weighted by molar-refractivity contribution is -0.122. The Kier molecular flexibility index (Phi) is 6.65. The molecule has 1 saturated heterocycles. The average Bonchev–Trinajstić information content (AvgIpc) is 3.18.